The van der Waals surface area contributed by atoms with E-state index in [0.717, 1.165) is 5.69 Å². The van der Waals surface area contributed by atoms with Crippen LogP contribution in [0.5, 0.6) is 0 Å². The summed E-state index contributed by atoms with van der Waals surface area (Å²) in [6, 6.07) is 4.02. The highest BCUT2D eigenvalue weighted by Gasteiger charge is 2.17. The number of aromatic nitrogens is 3. The first kappa shape index (κ1) is 10.2. The summed E-state index contributed by atoms with van der Waals surface area (Å²) in [5.41, 5.74) is 1.43. The maximum atomic E-state index is 9.21. The lowest BCUT2D eigenvalue weighted by Crippen LogP contribution is -2.30. The van der Waals surface area contributed by atoms with Crippen LogP contribution in [0, 0.1) is 11.3 Å². The van der Waals surface area contributed by atoms with Gasteiger partial charge >= 0.3 is 0 Å². The maximum absolute atomic E-state index is 9.21. The van der Waals surface area contributed by atoms with Crippen molar-refractivity contribution in [3.63, 3.8) is 0 Å². The standard InChI is InChI=1S/C11H11N5/c1-15(2)10-3-4-14-11(9(10)7-12)16-6-5-13-8-16/h3-6,8H,1-2H3/p+1. The summed E-state index contributed by atoms with van der Waals surface area (Å²) in [5, 5.41) is 9.21. The summed E-state index contributed by atoms with van der Waals surface area (Å²) in [4.78, 5) is 9.06. The second kappa shape index (κ2) is 4.03. The fourth-order valence-electron chi connectivity index (χ4n) is 1.54. The Kier molecular flexibility index (Phi) is 2.56. The average Bonchev–Trinajstić information content (AvgIpc) is 2.81. The number of aromatic amines is 1. The highest BCUT2D eigenvalue weighted by molar-refractivity contribution is 5.62. The van der Waals surface area contributed by atoms with Gasteiger partial charge in [-0.3, -0.25) is 4.98 Å². The first-order valence-corrected chi connectivity index (χ1v) is 4.85. The quantitative estimate of drug-likeness (QED) is 0.746. The molecule has 5 heteroatoms. The number of pyridine rings is 1. The third-order valence-corrected chi connectivity index (χ3v) is 2.29. The van der Waals surface area contributed by atoms with Gasteiger partial charge in [-0.1, -0.05) is 0 Å². The highest BCUT2D eigenvalue weighted by Crippen LogP contribution is 2.19. The molecule has 0 saturated heterocycles. The molecule has 0 aliphatic rings. The monoisotopic (exact) mass is 214 g/mol. The van der Waals surface area contributed by atoms with E-state index in [4.69, 9.17) is 0 Å². The van der Waals surface area contributed by atoms with E-state index in [1.165, 1.54) is 0 Å². The Morgan fingerprint density at radius 3 is 2.88 bits per heavy atom. The van der Waals surface area contributed by atoms with Gasteiger partial charge < -0.3 is 4.90 Å². The van der Waals surface area contributed by atoms with Crippen LogP contribution in [-0.4, -0.2) is 24.1 Å². The van der Waals surface area contributed by atoms with Crippen molar-refractivity contribution in [3.05, 3.63) is 36.5 Å². The number of hydrogen-bond donors (Lipinski definition) is 1. The molecule has 0 radical (unpaired) electrons. The second-order valence-corrected chi connectivity index (χ2v) is 3.55. The van der Waals surface area contributed by atoms with Crippen molar-refractivity contribution in [2.45, 2.75) is 0 Å². The molecule has 1 N–H and O–H groups in total. The van der Waals surface area contributed by atoms with Crippen molar-refractivity contribution in [2.24, 2.45) is 0 Å². The van der Waals surface area contributed by atoms with Gasteiger partial charge in [0.2, 0.25) is 0 Å². The van der Waals surface area contributed by atoms with E-state index in [9.17, 15) is 5.26 Å². The van der Waals surface area contributed by atoms with Gasteiger partial charge in [-0.2, -0.15) is 5.26 Å². The minimum absolute atomic E-state index is 0.567. The third kappa shape index (κ3) is 1.61. The van der Waals surface area contributed by atoms with Crippen LogP contribution in [-0.2, 0) is 0 Å². The van der Waals surface area contributed by atoms with E-state index >= 15 is 0 Å². The fraction of sp³-hybridized carbons (Fsp3) is 0.182. The average molecular weight is 214 g/mol. The predicted molar refractivity (Wildman–Crippen MR) is 59.2 cm³/mol. The highest BCUT2D eigenvalue weighted by atomic mass is 15.1. The first-order chi connectivity index (χ1) is 7.74. The number of H-pyrrole nitrogens is 1. The Hall–Kier alpha value is -2.35. The first-order valence-electron chi connectivity index (χ1n) is 4.85. The van der Waals surface area contributed by atoms with E-state index in [1.807, 2.05) is 31.3 Å². The van der Waals surface area contributed by atoms with Gasteiger partial charge in [0.1, 0.15) is 18.5 Å². The molecule has 80 valence electrons. The molecule has 0 aliphatic heterocycles. The van der Waals surface area contributed by atoms with Crippen LogP contribution in [0.15, 0.2) is 31.0 Å². The molecule has 2 rings (SSSR count). The van der Waals surface area contributed by atoms with Crippen LogP contribution in [0.2, 0.25) is 0 Å². The molecule has 2 aromatic heterocycles. The third-order valence-electron chi connectivity index (χ3n) is 2.29. The van der Waals surface area contributed by atoms with Crippen LogP contribution >= 0.6 is 0 Å². The molecule has 0 aliphatic carbocycles. The molecule has 0 fully saturated rings. The second-order valence-electron chi connectivity index (χ2n) is 3.55. The van der Waals surface area contributed by atoms with Crippen LogP contribution in [0.25, 0.3) is 5.82 Å². The summed E-state index contributed by atoms with van der Waals surface area (Å²) in [5.74, 6) is 0.634. The number of nitrogens with zero attached hydrogens (tertiary/aromatic N) is 4. The molecule has 2 heterocycles. The Morgan fingerprint density at radius 1 is 1.50 bits per heavy atom. The Bertz CT molecular complexity index is 522. The zero-order valence-corrected chi connectivity index (χ0v) is 9.18. The number of anilines is 1. The zero-order valence-electron chi connectivity index (χ0n) is 9.18. The summed E-state index contributed by atoms with van der Waals surface area (Å²) >= 11 is 0. The van der Waals surface area contributed by atoms with Crippen molar-refractivity contribution < 1.29 is 4.57 Å². The van der Waals surface area contributed by atoms with Crippen molar-refractivity contribution >= 4 is 5.69 Å². The van der Waals surface area contributed by atoms with Gasteiger partial charge in [0.15, 0.2) is 11.9 Å². The topological polar surface area (TPSA) is 59.6 Å². The molecule has 0 bridgehead atoms. The van der Waals surface area contributed by atoms with E-state index < -0.39 is 0 Å². The van der Waals surface area contributed by atoms with E-state index in [0.29, 0.717) is 11.4 Å². The number of nitriles is 1. The van der Waals surface area contributed by atoms with Gasteiger partial charge in [0.25, 0.3) is 5.82 Å². The minimum atomic E-state index is 0.567. The van der Waals surface area contributed by atoms with Gasteiger partial charge in [0, 0.05) is 14.1 Å². The zero-order chi connectivity index (χ0) is 11.5. The number of hydrogen-bond acceptors (Lipinski definition) is 3. The van der Waals surface area contributed by atoms with Crippen molar-refractivity contribution in [3.8, 4) is 11.9 Å². The Balaban J connectivity index is 2.64. The van der Waals surface area contributed by atoms with Gasteiger partial charge in [0.05, 0.1) is 11.9 Å². The van der Waals surface area contributed by atoms with Crippen LogP contribution in [0.3, 0.4) is 0 Å². The van der Waals surface area contributed by atoms with E-state index in [1.54, 1.807) is 23.3 Å². The van der Waals surface area contributed by atoms with Crippen molar-refractivity contribution in [1.82, 2.24) is 9.97 Å². The molecule has 0 spiro atoms. The van der Waals surface area contributed by atoms with Gasteiger partial charge in [-0.05, 0) is 6.07 Å². The molecule has 0 saturated carbocycles. The van der Waals surface area contributed by atoms with E-state index in [-0.39, 0.29) is 0 Å². The normalized spacial score (nSPS) is 9.81. The molecular formula is C11H12N5+. The largest absolute Gasteiger partial charge is 0.376 e. The van der Waals surface area contributed by atoms with Crippen LogP contribution < -0.4 is 9.47 Å². The molecule has 0 unspecified atom stereocenters. The lowest BCUT2D eigenvalue weighted by molar-refractivity contribution is -0.598. The molecule has 0 aromatic carbocycles. The molecular weight excluding hydrogens is 202 g/mol. The molecule has 16 heavy (non-hydrogen) atoms. The SMILES string of the molecule is CN(C)c1ccnc(-[n+]2cc[nH]c2)c1C#N. The maximum Gasteiger partial charge on any atom is 0.286 e. The fourth-order valence-corrected chi connectivity index (χ4v) is 1.54. The van der Waals surface area contributed by atoms with Crippen LogP contribution in [0.1, 0.15) is 5.56 Å². The summed E-state index contributed by atoms with van der Waals surface area (Å²) < 4.78 is 1.78. The lowest BCUT2D eigenvalue weighted by atomic mass is 10.2. The lowest BCUT2D eigenvalue weighted by Gasteiger charge is -2.13. The summed E-state index contributed by atoms with van der Waals surface area (Å²) in [6.45, 7) is 0. The smallest absolute Gasteiger partial charge is 0.286 e. The number of rotatable bonds is 2. The molecule has 2 aromatic rings. The van der Waals surface area contributed by atoms with Crippen molar-refractivity contribution in [2.75, 3.05) is 19.0 Å². The number of imidazole rings is 1. The Labute approximate surface area is 93.6 Å². The minimum Gasteiger partial charge on any atom is -0.376 e. The Morgan fingerprint density at radius 2 is 2.31 bits per heavy atom. The molecule has 0 atom stereocenters. The number of nitrogens with one attached hydrogen (secondary N) is 1. The van der Waals surface area contributed by atoms with Gasteiger partial charge in [-0.25, -0.2) is 4.57 Å². The van der Waals surface area contributed by atoms with Crippen molar-refractivity contribution in [1.29, 1.82) is 5.26 Å². The summed E-state index contributed by atoms with van der Waals surface area (Å²) in [6.07, 6.45) is 7.06. The molecule has 5 nitrogen and oxygen atoms in total. The van der Waals surface area contributed by atoms with E-state index in [2.05, 4.69) is 16.0 Å². The van der Waals surface area contributed by atoms with Crippen LogP contribution in [0.4, 0.5) is 5.69 Å². The summed E-state index contributed by atoms with van der Waals surface area (Å²) in [7, 11) is 3.81. The molecule has 0 amide bonds. The predicted octanol–water partition coefficient (Wildman–Crippen LogP) is 0.624. The van der Waals surface area contributed by atoms with Gasteiger partial charge in [-0.15, -0.1) is 4.98 Å².